The van der Waals surface area contributed by atoms with E-state index in [0.717, 1.165) is 10.9 Å². The molecule has 0 saturated heterocycles. The van der Waals surface area contributed by atoms with E-state index in [2.05, 4.69) is 5.32 Å². The van der Waals surface area contributed by atoms with Crippen LogP contribution in [-0.2, 0) is 11.8 Å². The van der Waals surface area contributed by atoms with Gasteiger partial charge in [0, 0.05) is 24.1 Å². The lowest BCUT2D eigenvalue weighted by Gasteiger charge is -2.05. The van der Waals surface area contributed by atoms with Crippen molar-refractivity contribution in [2.24, 2.45) is 7.05 Å². The molecule has 5 nitrogen and oxygen atoms in total. The number of benzene rings is 2. The van der Waals surface area contributed by atoms with Gasteiger partial charge >= 0.3 is 0 Å². The number of aryl methyl sites for hydroxylation is 1. The highest BCUT2D eigenvalue weighted by atomic mass is 16.2. The topological polar surface area (TPSA) is 74.9 Å². The number of rotatable bonds is 3. The Bertz CT molecular complexity index is 964. The smallest absolute Gasteiger partial charge is 0.296 e. The molecule has 3 rings (SSSR count). The molecule has 1 N–H and O–H groups in total. The summed E-state index contributed by atoms with van der Waals surface area (Å²) in [5.41, 5.74) is 1.86. The fourth-order valence-corrected chi connectivity index (χ4v) is 2.51. The predicted molar refractivity (Wildman–Crippen MR) is 87.0 cm³/mol. The number of amides is 1. The van der Waals surface area contributed by atoms with Crippen molar-refractivity contribution < 1.29 is 9.59 Å². The fourth-order valence-electron chi connectivity index (χ4n) is 2.51. The normalized spacial score (nSPS) is 10.3. The number of carbonyl (C=O) groups is 2. The second-order valence-electron chi connectivity index (χ2n) is 5.11. The van der Waals surface area contributed by atoms with E-state index in [9.17, 15) is 9.59 Å². The van der Waals surface area contributed by atoms with Crippen LogP contribution in [0.3, 0.4) is 0 Å². The van der Waals surface area contributed by atoms with Crippen molar-refractivity contribution in [1.29, 1.82) is 5.26 Å². The highest BCUT2D eigenvalue weighted by Crippen LogP contribution is 2.21. The van der Waals surface area contributed by atoms with Gasteiger partial charge in [-0.15, -0.1) is 0 Å². The van der Waals surface area contributed by atoms with Gasteiger partial charge in [0.15, 0.2) is 0 Å². The number of para-hydroxylation sites is 2. The Kier molecular flexibility index (Phi) is 3.65. The molecule has 0 unspecified atom stereocenters. The summed E-state index contributed by atoms with van der Waals surface area (Å²) in [6.45, 7) is 0. The van der Waals surface area contributed by atoms with E-state index in [1.54, 1.807) is 41.1 Å². The molecule has 0 spiro atoms. The van der Waals surface area contributed by atoms with Crippen LogP contribution in [-0.4, -0.2) is 16.3 Å². The number of hydrogen-bond acceptors (Lipinski definition) is 3. The van der Waals surface area contributed by atoms with Crippen molar-refractivity contribution in [3.63, 3.8) is 0 Å². The maximum absolute atomic E-state index is 12.5. The van der Waals surface area contributed by atoms with Gasteiger partial charge in [-0.25, -0.2) is 0 Å². The highest BCUT2D eigenvalue weighted by Gasteiger charge is 2.21. The Labute approximate surface area is 132 Å². The Morgan fingerprint density at radius 3 is 2.57 bits per heavy atom. The number of ketones is 1. The van der Waals surface area contributed by atoms with Crippen LogP contribution in [0.25, 0.3) is 10.9 Å². The number of Topliss-reactive ketones (excluding diaryl/α,β-unsaturated/α-hetero) is 1. The first kappa shape index (κ1) is 14.5. The zero-order valence-corrected chi connectivity index (χ0v) is 12.4. The summed E-state index contributed by atoms with van der Waals surface area (Å²) in [6, 6.07) is 15.9. The van der Waals surface area contributed by atoms with Crippen LogP contribution >= 0.6 is 0 Å². The molecule has 0 fully saturated rings. The molecule has 0 aliphatic rings. The molecule has 1 heterocycles. The minimum atomic E-state index is -0.760. The van der Waals surface area contributed by atoms with Crippen LogP contribution in [0.15, 0.2) is 54.7 Å². The number of nitrogens with zero attached hydrogens (tertiary/aromatic N) is 2. The van der Waals surface area contributed by atoms with Crippen molar-refractivity contribution in [3.8, 4) is 6.07 Å². The quantitative estimate of drug-likeness (QED) is 0.597. The minimum Gasteiger partial charge on any atom is -0.350 e. The van der Waals surface area contributed by atoms with Crippen LogP contribution < -0.4 is 5.32 Å². The van der Waals surface area contributed by atoms with Crippen molar-refractivity contribution in [2.75, 3.05) is 5.32 Å². The van der Waals surface area contributed by atoms with E-state index < -0.39 is 11.7 Å². The lowest BCUT2D eigenvalue weighted by atomic mass is 10.1. The average molecular weight is 303 g/mol. The van der Waals surface area contributed by atoms with Crippen molar-refractivity contribution in [1.82, 2.24) is 4.57 Å². The summed E-state index contributed by atoms with van der Waals surface area (Å²) in [6.07, 6.45) is 1.64. The first-order chi connectivity index (χ1) is 11.1. The molecule has 23 heavy (non-hydrogen) atoms. The molecule has 0 saturated carbocycles. The molecule has 3 aromatic rings. The third kappa shape index (κ3) is 2.58. The van der Waals surface area contributed by atoms with E-state index in [1.165, 1.54) is 0 Å². The summed E-state index contributed by atoms with van der Waals surface area (Å²) in [5, 5.41) is 12.3. The van der Waals surface area contributed by atoms with Gasteiger partial charge in [-0.3, -0.25) is 9.59 Å². The number of carbonyl (C=O) groups excluding carboxylic acids is 2. The third-order valence-electron chi connectivity index (χ3n) is 3.64. The lowest BCUT2D eigenvalue weighted by Crippen LogP contribution is -2.23. The Hall–Kier alpha value is -3.39. The number of anilines is 1. The zero-order valence-electron chi connectivity index (χ0n) is 12.4. The Morgan fingerprint density at radius 1 is 1.09 bits per heavy atom. The Morgan fingerprint density at radius 2 is 1.78 bits per heavy atom. The van der Waals surface area contributed by atoms with Gasteiger partial charge in [-0.05, 0) is 18.2 Å². The molecular formula is C18H13N3O2. The van der Waals surface area contributed by atoms with Crippen molar-refractivity contribution in [3.05, 3.63) is 65.9 Å². The maximum Gasteiger partial charge on any atom is 0.296 e. The Balaban J connectivity index is 1.94. The molecule has 1 amide bonds. The van der Waals surface area contributed by atoms with Gasteiger partial charge < -0.3 is 9.88 Å². The van der Waals surface area contributed by atoms with Gasteiger partial charge in [0.05, 0.1) is 16.8 Å². The molecule has 0 aliphatic heterocycles. The molecular weight excluding hydrogens is 290 g/mol. The van der Waals surface area contributed by atoms with Crippen LogP contribution in [0.2, 0.25) is 0 Å². The zero-order chi connectivity index (χ0) is 16.4. The minimum absolute atomic E-state index is 0.312. The molecule has 0 radical (unpaired) electrons. The number of aromatic nitrogens is 1. The summed E-state index contributed by atoms with van der Waals surface area (Å²) in [4.78, 5) is 24.7. The summed E-state index contributed by atoms with van der Waals surface area (Å²) < 4.78 is 1.80. The van der Waals surface area contributed by atoms with Crippen LogP contribution in [0.1, 0.15) is 15.9 Å². The monoisotopic (exact) mass is 303 g/mol. The molecule has 0 bridgehead atoms. The van der Waals surface area contributed by atoms with Crippen LogP contribution in [0.4, 0.5) is 5.69 Å². The van der Waals surface area contributed by atoms with Gasteiger partial charge in [0.1, 0.15) is 6.07 Å². The highest BCUT2D eigenvalue weighted by molar-refractivity contribution is 6.48. The molecule has 112 valence electrons. The average Bonchev–Trinajstić information content (AvgIpc) is 2.92. The second-order valence-corrected chi connectivity index (χ2v) is 5.11. The number of hydrogen-bond donors (Lipinski definition) is 1. The van der Waals surface area contributed by atoms with E-state index in [-0.39, 0.29) is 0 Å². The molecule has 0 atom stereocenters. The second kappa shape index (κ2) is 5.78. The molecule has 5 heteroatoms. The van der Waals surface area contributed by atoms with Crippen molar-refractivity contribution in [2.45, 2.75) is 0 Å². The first-order valence-corrected chi connectivity index (χ1v) is 7.00. The summed E-state index contributed by atoms with van der Waals surface area (Å²) in [7, 11) is 1.82. The van der Waals surface area contributed by atoms with E-state index in [4.69, 9.17) is 5.26 Å². The van der Waals surface area contributed by atoms with Gasteiger partial charge in [-0.2, -0.15) is 5.26 Å². The van der Waals surface area contributed by atoms with Gasteiger partial charge in [0.2, 0.25) is 0 Å². The molecule has 0 aliphatic carbocycles. The van der Waals surface area contributed by atoms with Gasteiger partial charge in [-0.1, -0.05) is 30.3 Å². The van der Waals surface area contributed by atoms with E-state index in [1.807, 2.05) is 31.3 Å². The lowest BCUT2D eigenvalue weighted by molar-refractivity contribution is -0.112. The maximum atomic E-state index is 12.5. The predicted octanol–water partition coefficient (Wildman–Crippen LogP) is 2.87. The SMILES string of the molecule is Cn1cc(C(=O)C(=O)Nc2ccccc2C#N)c2ccccc21. The van der Waals surface area contributed by atoms with E-state index >= 15 is 0 Å². The number of nitriles is 1. The fraction of sp³-hybridized carbons (Fsp3) is 0.0556. The molecule has 2 aromatic carbocycles. The molecule has 1 aromatic heterocycles. The summed E-state index contributed by atoms with van der Waals surface area (Å²) >= 11 is 0. The third-order valence-corrected chi connectivity index (χ3v) is 3.64. The van der Waals surface area contributed by atoms with Gasteiger partial charge in [0.25, 0.3) is 11.7 Å². The number of nitrogens with one attached hydrogen (secondary N) is 1. The van der Waals surface area contributed by atoms with E-state index in [0.29, 0.717) is 16.8 Å². The van der Waals surface area contributed by atoms with Crippen molar-refractivity contribution >= 4 is 28.3 Å². The standard InChI is InChI=1S/C18H13N3O2/c1-21-11-14(13-7-3-5-9-16(13)21)17(22)18(23)20-15-8-4-2-6-12(15)10-19/h2-9,11H,1H3,(H,20,23). The first-order valence-electron chi connectivity index (χ1n) is 7.00. The summed E-state index contributed by atoms with van der Waals surface area (Å²) in [5.74, 6) is -1.39. The largest absolute Gasteiger partial charge is 0.350 e. The number of fused-ring (bicyclic) bond motifs is 1. The van der Waals surface area contributed by atoms with Crippen LogP contribution in [0, 0.1) is 11.3 Å². The van der Waals surface area contributed by atoms with Crippen LogP contribution in [0.5, 0.6) is 0 Å².